The van der Waals surface area contributed by atoms with Crippen LogP contribution in [0, 0.1) is 5.92 Å². The van der Waals surface area contributed by atoms with Crippen LogP contribution in [0.25, 0.3) is 0 Å². The highest BCUT2D eigenvalue weighted by Gasteiger charge is 2.25. The lowest BCUT2D eigenvalue weighted by molar-refractivity contribution is 0.253. The average molecular weight is 345 g/mol. The quantitative estimate of drug-likeness (QED) is 0.882. The van der Waals surface area contributed by atoms with Crippen molar-refractivity contribution >= 4 is 22.2 Å². The Hall–Kier alpha value is -2.08. The fourth-order valence-electron chi connectivity index (χ4n) is 2.81. The van der Waals surface area contributed by atoms with Crippen molar-refractivity contribution in [2.24, 2.45) is 10.9 Å². The third-order valence-corrected chi connectivity index (χ3v) is 4.72. The first-order valence-corrected chi connectivity index (χ1v) is 8.97. The van der Waals surface area contributed by atoms with E-state index in [0.29, 0.717) is 6.04 Å². The van der Waals surface area contributed by atoms with Crippen molar-refractivity contribution in [2.75, 3.05) is 19.5 Å². The number of ether oxygens (including phenoxy) is 2. The Balaban J connectivity index is 1.96. The minimum atomic E-state index is 0.0436. The van der Waals surface area contributed by atoms with Crippen molar-refractivity contribution in [3.63, 3.8) is 0 Å². The number of thiazole rings is 1. The highest BCUT2D eigenvalue weighted by atomic mass is 32.1. The van der Waals surface area contributed by atoms with Crippen molar-refractivity contribution in [3.8, 4) is 0 Å². The van der Waals surface area contributed by atoms with Crippen LogP contribution in [0.1, 0.15) is 26.0 Å². The Morgan fingerprint density at radius 1 is 1.29 bits per heavy atom. The zero-order chi connectivity index (χ0) is 17.1. The fourth-order valence-corrected chi connectivity index (χ4v) is 3.66. The van der Waals surface area contributed by atoms with E-state index >= 15 is 0 Å². The smallest absolute Gasteiger partial charge is 0.183 e. The molecule has 6 heteroatoms. The Kier molecular flexibility index (Phi) is 5.04. The molecule has 1 aromatic rings. The maximum atomic E-state index is 5.63. The van der Waals surface area contributed by atoms with Crippen LogP contribution in [-0.4, -0.2) is 37.0 Å². The summed E-state index contributed by atoms with van der Waals surface area (Å²) >= 11 is 1.59. The molecule has 2 bridgehead atoms. The largest absolute Gasteiger partial charge is 0.500 e. The third kappa shape index (κ3) is 3.70. The van der Waals surface area contributed by atoms with Crippen LogP contribution in [0.2, 0.25) is 0 Å². The summed E-state index contributed by atoms with van der Waals surface area (Å²) in [5, 5.41) is 6.28. The second kappa shape index (κ2) is 7.21. The second-order valence-corrected chi connectivity index (χ2v) is 7.00. The van der Waals surface area contributed by atoms with Crippen LogP contribution in [0.15, 0.2) is 46.2 Å². The number of hydrogen-bond donors (Lipinski definition) is 1. The number of nitrogens with one attached hydrogen (secondary N) is 1. The molecule has 0 fully saturated rings. The van der Waals surface area contributed by atoms with Crippen LogP contribution in [0.4, 0.5) is 5.13 Å². The first-order chi connectivity index (χ1) is 11.6. The van der Waals surface area contributed by atoms with Gasteiger partial charge in [0.05, 0.1) is 26.0 Å². The number of aliphatic imine (C=N–C) groups is 1. The predicted octanol–water partition coefficient (Wildman–Crippen LogP) is 3.77. The molecule has 2 unspecified atom stereocenters. The van der Waals surface area contributed by atoms with Gasteiger partial charge in [0.15, 0.2) is 5.13 Å². The molecule has 2 heterocycles. The van der Waals surface area contributed by atoms with E-state index in [2.05, 4.69) is 36.3 Å². The predicted molar refractivity (Wildman–Crippen MR) is 98.6 cm³/mol. The van der Waals surface area contributed by atoms with Gasteiger partial charge in [0.1, 0.15) is 17.2 Å². The molecule has 2 aliphatic rings. The molecular weight excluding hydrogens is 322 g/mol. The lowest BCUT2D eigenvalue weighted by atomic mass is 9.99. The topological polar surface area (TPSA) is 55.7 Å². The van der Waals surface area contributed by atoms with E-state index < -0.39 is 0 Å². The molecule has 1 N–H and O–H groups in total. The number of rotatable bonds is 5. The van der Waals surface area contributed by atoms with E-state index in [1.807, 2.05) is 17.5 Å². The zero-order valence-corrected chi connectivity index (χ0v) is 15.3. The Bertz CT molecular complexity index is 716. The Labute approximate surface area is 146 Å². The van der Waals surface area contributed by atoms with E-state index in [1.54, 1.807) is 25.6 Å². The van der Waals surface area contributed by atoms with Gasteiger partial charge in [-0.05, 0) is 32.4 Å². The summed E-state index contributed by atoms with van der Waals surface area (Å²) < 4.78 is 11.0. The second-order valence-electron chi connectivity index (χ2n) is 6.14. The lowest BCUT2D eigenvalue weighted by Crippen LogP contribution is -2.10. The SMILES string of the molecule is COC1=CC2CC(C=C1)C(OC)=CC(c1csc(NC(C)C)n1)=N2. The van der Waals surface area contributed by atoms with Gasteiger partial charge in [-0.25, -0.2) is 4.98 Å². The molecule has 0 saturated heterocycles. The first-order valence-electron chi connectivity index (χ1n) is 8.09. The molecule has 1 aliphatic carbocycles. The maximum absolute atomic E-state index is 5.63. The molecule has 24 heavy (non-hydrogen) atoms. The molecule has 0 saturated carbocycles. The van der Waals surface area contributed by atoms with Crippen LogP contribution in [0.5, 0.6) is 0 Å². The molecule has 0 aromatic carbocycles. The van der Waals surface area contributed by atoms with E-state index in [0.717, 1.165) is 34.5 Å². The molecule has 2 atom stereocenters. The minimum absolute atomic E-state index is 0.0436. The Morgan fingerprint density at radius 3 is 2.83 bits per heavy atom. The summed E-state index contributed by atoms with van der Waals surface area (Å²) in [6, 6.07) is 0.396. The molecule has 0 radical (unpaired) electrons. The zero-order valence-electron chi connectivity index (χ0n) is 14.4. The summed E-state index contributed by atoms with van der Waals surface area (Å²) in [6.07, 6.45) is 9.05. The number of anilines is 1. The summed E-state index contributed by atoms with van der Waals surface area (Å²) in [4.78, 5) is 9.56. The summed E-state index contributed by atoms with van der Waals surface area (Å²) in [5.41, 5.74) is 1.73. The van der Waals surface area contributed by atoms with Crippen molar-refractivity contribution in [1.82, 2.24) is 4.98 Å². The van der Waals surface area contributed by atoms with Crippen LogP contribution in [-0.2, 0) is 9.47 Å². The Morgan fingerprint density at radius 2 is 2.12 bits per heavy atom. The summed E-state index contributed by atoms with van der Waals surface area (Å²) in [7, 11) is 3.39. The van der Waals surface area contributed by atoms with Crippen molar-refractivity contribution in [1.29, 1.82) is 0 Å². The normalized spacial score (nSPS) is 23.0. The van der Waals surface area contributed by atoms with Crippen molar-refractivity contribution in [3.05, 3.63) is 46.9 Å². The van der Waals surface area contributed by atoms with Gasteiger partial charge in [-0.2, -0.15) is 0 Å². The van der Waals surface area contributed by atoms with Gasteiger partial charge in [0, 0.05) is 23.4 Å². The molecule has 3 rings (SSSR count). The molecule has 1 aliphatic heterocycles. The van der Waals surface area contributed by atoms with E-state index in [1.165, 1.54) is 0 Å². The third-order valence-electron chi connectivity index (χ3n) is 3.94. The molecule has 5 nitrogen and oxygen atoms in total. The van der Waals surface area contributed by atoms with Crippen LogP contribution in [0.3, 0.4) is 0 Å². The number of allylic oxidation sites excluding steroid dienone is 3. The van der Waals surface area contributed by atoms with Crippen LogP contribution >= 0.6 is 11.3 Å². The van der Waals surface area contributed by atoms with Gasteiger partial charge in [-0.3, -0.25) is 4.99 Å². The maximum Gasteiger partial charge on any atom is 0.183 e. The monoisotopic (exact) mass is 345 g/mol. The van der Waals surface area contributed by atoms with Gasteiger partial charge >= 0.3 is 0 Å². The molecule has 0 spiro atoms. The molecule has 128 valence electrons. The molecular formula is C18H23N3O2S. The highest BCUT2D eigenvalue weighted by molar-refractivity contribution is 7.13. The van der Waals surface area contributed by atoms with E-state index in [4.69, 9.17) is 14.5 Å². The van der Waals surface area contributed by atoms with Gasteiger partial charge in [0.25, 0.3) is 0 Å². The lowest BCUT2D eigenvalue weighted by Gasteiger charge is -2.14. The van der Waals surface area contributed by atoms with E-state index in [9.17, 15) is 0 Å². The number of fused-ring (bicyclic) bond motifs is 2. The number of nitrogens with zero attached hydrogens (tertiary/aromatic N) is 2. The summed E-state index contributed by atoms with van der Waals surface area (Å²) in [5.74, 6) is 1.94. The first kappa shape index (κ1) is 16.8. The number of hydrogen-bond acceptors (Lipinski definition) is 6. The van der Waals surface area contributed by atoms with Gasteiger partial charge < -0.3 is 14.8 Å². The average Bonchev–Trinajstić information content (AvgIpc) is 2.81. The van der Waals surface area contributed by atoms with Crippen LogP contribution < -0.4 is 5.32 Å². The van der Waals surface area contributed by atoms with Gasteiger partial charge in [-0.15, -0.1) is 11.3 Å². The van der Waals surface area contributed by atoms with Gasteiger partial charge in [0.2, 0.25) is 0 Å². The number of aromatic nitrogens is 1. The van der Waals surface area contributed by atoms with Crippen molar-refractivity contribution < 1.29 is 9.47 Å². The minimum Gasteiger partial charge on any atom is -0.500 e. The van der Waals surface area contributed by atoms with Crippen molar-refractivity contribution in [2.45, 2.75) is 32.4 Å². The highest BCUT2D eigenvalue weighted by Crippen LogP contribution is 2.30. The standard InChI is InChI=1S/C18H23N3O2S/c1-11(2)19-18-21-16(10-24-18)15-9-17(23-4)12-5-6-14(22-3)8-13(7-12)20-15/h5-6,8-13H,7H2,1-4H3,(H,19,21). The number of methoxy groups -OCH3 is 2. The fraction of sp³-hybridized carbons (Fsp3) is 0.444. The molecule has 1 aromatic heterocycles. The molecule has 0 amide bonds. The van der Waals surface area contributed by atoms with Gasteiger partial charge in [-0.1, -0.05) is 6.08 Å². The van der Waals surface area contributed by atoms with E-state index in [-0.39, 0.29) is 12.0 Å². The summed E-state index contributed by atoms with van der Waals surface area (Å²) in [6.45, 7) is 4.20.